The highest BCUT2D eigenvalue weighted by atomic mass is 16.5. The molecule has 6 nitrogen and oxygen atoms in total. The molecule has 1 N–H and O–H groups in total. The van der Waals surface area contributed by atoms with Crippen LogP contribution in [0.2, 0.25) is 0 Å². The van der Waals surface area contributed by atoms with Gasteiger partial charge in [0, 0.05) is 22.9 Å². The Bertz CT molecular complexity index is 1590. The van der Waals surface area contributed by atoms with Gasteiger partial charge in [0.2, 0.25) is 0 Å². The predicted octanol–water partition coefficient (Wildman–Crippen LogP) is 7.22. The van der Waals surface area contributed by atoms with Crippen LogP contribution < -0.4 is 19.2 Å². The largest absolute Gasteiger partial charge is 0.497 e. The molecular formula is C32H29N3O3. The molecule has 190 valence electrons. The lowest BCUT2D eigenvalue weighted by Gasteiger charge is -2.25. The van der Waals surface area contributed by atoms with Gasteiger partial charge in [0.25, 0.3) is 0 Å². The van der Waals surface area contributed by atoms with Gasteiger partial charge in [0.1, 0.15) is 17.2 Å². The van der Waals surface area contributed by atoms with Crippen LogP contribution in [0, 0.1) is 0 Å². The van der Waals surface area contributed by atoms with Gasteiger partial charge in [-0.05, 0) is 90.0 Å². The summed E-state index contributed by atoms with van der Waals surface area (Å²) in [7, 11) is 5.05. The minimum absolute atomic E-state index is 0.0197. The molecule has 38 heavy (non-hydrogen) atoms. The van der Waals surface area contributed by atoms with Crippen LogP contribution in [-0.2, 0) is 0 Å². The number of benzene rings is 4. The van der Waals surface area contributed by atoms with E-state index in [0.717, 1.165) is 57.4 Å². The predicted molar refractivity (Wildman–Crippen MR) is 153 cm³/mol. The van der Waals surface area contributed by atoms with Gasteiger partial charge in [-0.3, -0.25) is 5.01 Å². The van der Waals surface area contributed by atoms with Gasteiger partial charge in [0.15, 0.2) is 0 Å². The fraction of sp³-hybridized carbons (Fsp3) is 0.156. The highest BCUT2D eigenvalue weighted by molar-refractivity contribution is 6.04. The zero-order valence-electron chi connectivity index (χ0n) is 21.6. The second-order valence-electron chi connectivity index (χ2n) is 9.23. The highest BCUT2D eigenvalue weighted by Gasteiger charge is 2.34. The molecule has 2 heterocycles. The Labute approximate surface area is 222 Å². The molecule has 1 aromatic heterocycles. The van der Waals surface area contributed by atoms with E-state index >= 15 is 0 Å². The van der Waals surface area contributed by atoms with Gasteiger partial charge in [-0.2, -0.15) is 5.10 Å². The molecule has 0 saturated heterocycles. The number of hydrazone groups is 1. The molecule has 0 radical (unpaired) electrons. The van der Waals surface area contributed by atoms with E-state index in [4.69, 9.17) is 19.3 Å². The summed E-state index contributed by atoms with van der Waals surface area (Å²) in [4.78, 5) is 3.70. The number of anilines is 1. The number of aromatic nitrogens is 1. The summed E-state index contributed by atoms with van der Waals surface area (Å²) < 4.78 is 16.2. The topological polar surface area (TPSA) is 59.1 Å². The number of methoxy groups -OCH3 is 3. The molecule has 1 unspecified atom stereocenters. The third-order valence-corrected chi connectivity index (χ3v) is 7.13. The van der Waals surface area contributed by atoms with E-state index < -0.39 is 0 Å². The Morgan fingerprint density at radius 1 is 0.684 bits per heavy atom. The maximum Gasteiger partial charge on any atom is 0.119 e. The van der Waals surface area contributed by atoms with E-state index in [1.807, 2.05) is 36.4 Å². The minimum Gasteiger partial charge on any atom is -0.497 e. The summed E-state index contributed by atoms with van der Waals surface area (Å²) in [6.45, 7) is 0. The van der Waals surface area contributed by atoms with Gasteiger partial charge in [-0.25, -0.2) is 0 Å². The first-order valence-corrected chi connectivity index (χ1v) is 12.6. The number of hydrogen-bond donors (Lipinski definition) is 1. The van der Waals surface area contributed by atoms with Crippen molar-refractivity contribution in [1.82, 2.24) is 4.98 Å². The molecule has 1 atom stereocenters. The summed E-state index contributed by atoms with van der Waals surface area (Å²) in [5, 5.41) is 8.51. The Morgan fingerprint density at radius 2 is 1.24 bits per heavy atom. The number of H-pyrrole nitrogens is 1. The minimum atomic E-state index is -0.0197. The molecule has 0 spiro atoms. The first kappa shape index (κ1) is 23.7. The smallest absolute Gasteiger partial charge is 0.119 e. The molecule has 0 aliphatic carbocycles. The van der Waals surface area contributed by atoms with E-state index in [2.05, 4.69) is 70.7 Å². The molecule has 0 bridgehead atoms. The van der Waals surface area contributed by atoms with Crippen molar-refractivity contribution >= 4 is 22.3 Å². The molecule has 5 aromatic rings. The van der Waals surface area contributed by atoms with E-state index in [1.54, 1.807) is 21.3 Å². The van der Waals surface area contributed by atoms with Crippen LogP contribution >= 0.6 is 0 Å². The number of para-hydroxylation sites is 1. The number of aromatic amines is 1. The average Bonchev–Trinajstić information content (AvgIpc) is 3.59. The molecule has 1 aliphatic rings. The second kappa shape index (κ2) is 9.98. The zero-order chi connectivity index (χ0) is 26.1. The summed E-state index contributed by atoms with van der Waals surface area (Å²) in [5.74, 6) is 2.47. The van der Waals surface area contributed by atoms with E-state index in [1.165, 1.54) is 10.9 Å². The molecular weight excluding hydrogens is 474 g/mol. The lowest BCUT2D eigenvalue weighted by Crippen LogP contribution is -2.19. The molecule has 0 saturated carbocycles. The van der Waals surface area contributed by atoms with E-state index in [-0.39, 0.29) is 6.04 Å². The van der Waals surface area contributed by atoms with Crippen molar-refractivity contribution in [1.29, 1.82) is 0 Å². The molecule has 4 aromatic carbocycles. The SMILES string of the molecule is COc1ccc(C2=NN(c3ccc(OC)cc3)C(c3c(-c4ccc(OC)cc4)[nH]c4ccccc34)C2)cc1. The molecule has 1 aliphatic heterocycles. The monoisotopic (exact) mass is 503 g/mol. The Balaban J connectivity index is 1.50. The van der Waals surface area contributed by atoms with Gasteiger partial charge >= 0.3 is 0 Å². The van der Waals surface area contributed by atoms with Crippen molar-refractivity contribution in [3.63, 3.8) is 0 Å². The fourth-order valence-electron chi connectivity index (χ4n) is 5.16. The van der Waals surface area contributed by atoms with Crippen molar-refractivity contribution in [2.24, 2.45) is 5.10 Å². The standard InChI is InChI=1S/C32H29N3O3/c1-36-24-14-8-21(9-15-24)29-20-30(35(34-29)23-12-18-26(38-3)19-13-23)31-27-6-4-5-7-28(27)33-32(31)22-10-16-25(37-2)17-11-22/h4-19,30,33H,20H2,1-3H3. The van der Waals surface area contributed by atoms with Gasteiger partial charge in [-0.1, -0.05) is 18.2 Å². The maximum absolute atomic E-state index is 5.42. The second-order valence-corrected chi connectivity index (χ2v) is 9.23. The first-order chi connectivity index (χ1) is 18.7. The van der Waals surface area contributed by atoms with Crippen LogP contribution in [0.25, 0.3) is 22.2 Å². The summed E-state index contributed by atoms with van der Waals surface area (Å²) in [6.07, 6.45) is 0.753. The lowest BCUT2D eigenvalue weighted by molar-refractivity contribution is 0.414. The van der Waals surface area contributed by atoms with E-state index in [9.17, 15) is 0 Å². The Morgan fingerprint density at radius 3 is 1.84 bits per heavy atom. The van der Waals surface area contributed by atoms with Crippen LogP contribution in [0.15, 0.2) is 102 Å². The number of nitrogens with zero attached hydrogens (tertiary/aromatic N) is 2. The number of hydrogen-bond acceptors (Lipinski definition) is 5. The zero-order valence-corrected chi connectivity index (χ0v) is 21.6. The van der Waals surface area contributed by atoms with Crippen molar-refractivity contribution in [3.05, 3.63) is 108 Å². The maximum atomic E-state index is 5.42. The van der Waals surface area contributed by atoms with Gasteiger partial charge < -0.3 is 19.2 Å². The molecule has 0 amide bonds. The third-order valence-electron chi connectivity index (χ3n) is 7.13. The number of fused-ring (bicyclic) bond motifs is 1. The summed E-state index contributed by atoms with van der Waals surface area (Å²) in [6, 6.07) is 32.9. The van der Waals surface area contributed by atoms with Crippen LogP contribution in [0.4, 0.5) is 5.69 Å². The number of ether oxygens (including phenoxy) is 3. The average molecular weight is 504 g/mol. The van der Waals surface area contributed by atoms with Crippen molar-refractivity contribution in [2.45, 2.75) is 12.5 Å². The summed E-state index contributed by atoms with van der Waals surface area (Å²) in [5.41, 5.74) is 7.62. The highest BCUT2D eigenvalue weighted by Crippen LogP contribution is 2.44. The van der Waals surface area contributed by atoms with Crippen molar-refractivity contribution in [3.8, 4) is 28.5 Å². The van der Waals surface area contributed by atoms with Gasteiger partial charge in [-0.15, -0.1) is 0 Å². The first-order valence-electron chi connectivity index (χ1n) is 12.6. The normalized spacial score (nSPS) is 15.0. The van der Waals surface area contributed by atoms with Crippen LogP contribution in [0.5, 0.6) is 17.2 Å². The van der Waals surface area contributed by atoms with Crippen LogP contribution in [-0.4, -0.2) is 32.0 Å². The number of nitrogens with one attached hydrogen (secondary N) is 1. The number of rotatable bonds is 7. The van der Waals surface area contributed by atoms with E-state index in [0.29, 0.717) is 0 Å². The van der Waals surface area contributed by atoms with Crippen LogP contribution in [0.1, 0.15) is 23.6 Å². The van der Waals surface area contributed by atoms with Crippen LogP contribution in [0.3, 0.4) is 0 Å². The lowest BCUT2D eigenvalue weighted by atomic mass is 9.93. The van der Waals surface area contributed by atoms with Gasteiger partial charge in [0.05, 0.1) is 44.5 Å². The molecule has 0 fully saturated rings. The molecule has 6 rings (SSSR count). The van der Waals surface area contributed by atoms with Crippen molar-refractivity contribution in [2.75, 3.05) is 26.3 Å². The molecule has 6 heteroatoms. The Kier molecular flexibility index (Phi) is 6.22. The quantitative estimate of drug-likeness (QED) is 0.255. The fourth-order valence-corrected chi connectivity index (χ4v) is 5.16. The van der Waals surface area contributed by atoms with Crippen molar-refractivity contribution < 1.29 is 14.2 Å². The Hall–Kier alpha value is -4.71. The summed E-state index contributed by atoms with van der Waals surface area (Å²) >= 11 is 0. The third kappa shape index (κ3) is 4.24.